The van der Waals surface area contributed by atoms with Gasteiger partial charge >= 0.3 is 0 Å². The highest BCUT2D eigenvalue weighted by Crippen LogP contribution is 2.32. The zero-order valence-corrected chi connectivity index (χ0v) is 13.8. The lowest BCUT2D eigenvalue weighted by atomic mass is 9.94. The molecular formula is C16H31N3O. The second-order valence-electron chi connectivity index (χ2n) is 6.85. The van der Waals surface area contributed by atoms with E-state index in [0.717, 1.165) is 38.6 Å². The number of carbonyl (C=O) groups excluding carboxylic acids is 1. The van der Waals surface area contributed by atoms with Gasteiger partial charge in [0.05, 0.1) is 11.7 Å². The SMILES string of the molecule is CCCC1NC(C)(CC)C(=O)N1C1CCN(C)C(C)C1. The Labute approximate surface area is 123 Å². The molecule has 4 nitrogen and oxygen atoms in total. The molecular weight excluding hydrogens is 250 g/mol. The molecule has 1 N–H and O–H groups in total. The molecule has 0 bridgehead atoms. The van der Waals surface area contributed by atoms with E-state index in [1.807, 2.05) is 0 Å². The minimum atomic E-state index is -0.355. The van der Waals surface area contributed by atoms with Crippen molar-refractivity contribution in [3.63, 3.8) is 0 Å². The van der Waals surface area contributed by atoms with Crippen molar-refractivity contribution in [1.29, 1.82) is 0 Å². The normalized spacial score (nSPS) is 39.5. The fraction of sp³-hybridized carbons (Fsp3) is 0.938. The predicted octanol–water partition coefficient (Wildman–Crippen LogP) is 2.20. The summed E-state index contributed by atoms with van der Waals surface area (Å²) in [7, 11) is 2.19. The number of rotatable bonds is 4. The maximum Gasteiger partial charge on any atom is 0.244 e. The van der Waals surface area contributed by atoms with Crippen LogP contribution in [0.25, 0.3) is 0 Å². The van der Waals surface area contributed by atoms with Crippen molar-refractivity contribution in [2.75, 3.05) is 13.6 Å². The quantitative estimate of drug-likeness (QED) is 0.858. The molecule has 0 radical (unpaired) electrons. The van der Waals surface area contributed by atoms with E-state index in [1.165, 1.54) is 0 Å². The van der Waals surface area contributed by atoms with Gasteiger partial charge in [-0.05, 0) is 46.6 Å². The Balaban J connectivity index is 2.16. The van der Waals surface area contributed by atoms with Crippen LogP contribution in [-0.4, -0.2) is 53.1 Å². The highest BCUT2D eigenvalue weighted by atomic mass is 16.2. The fourth-order valence-electron chi connectivity index (χ4n) is 3.60. The Bertz CT molecular complexity index is 360. The van der Waals surface area contributed by atoms with Crippen molar-refractivity contribution in [3.05, 3.63) is 0 Å². The molecule has 4 atom stereocenters. The molecule has 4 heteroatoms. The number of likely N-dealkylation sites (tertiary alicyclic amines) is 1. The molecule has 0 aliphatic carbocycles. The van der Waals surface area contributed by atoms with E-state index in [2.05, 4.69) is 49.9 Å². The minimum Gasteiger partial charge on any atom is -0.322 e. The Morgan fingerprint density at radius 1 is 1.40 bits per heavy atom. The smallest absolute Gasteiger partial charge is 0.244 e. The van der Waals surface area contributed by atoms with Gasteiger partial charge in [-0.15, -0.1) is 0 Å². The Morgan fingerprint density at radius 3 is 2.65 bits per heavy atom. The van der Waals surface area contributed by atoms with E-state index in [4.69, 9.17) is 0 Å². The second-order valence-corrected chi connectivity index (χ2v) is 6.85. The maximum absolute atomic E-state index is 12.9. The highest BCUT2D eigenvalue weighted by molar-refractivity contribution is 5.88. The number of nitrogens with one attached hydrogen (secondary N) is 1. The van der Waals surface area contributed by atoms with Gasteiger partial charge in [0, 0.05) is 18.6 Å². The zero-order valence-electron chi connectivity index (χ0n) is 13.8. The van der Waals surface area contributed by atoms with Crippen molar-refractivity contribution in [2.24, 2.45) is 0 Å². The van der Waals surface area contributed by atoms with Crippen LogP contribution in [-0.2, 0) is 4.79 Å². The van der Waals surface area contributed by atoms with Gasteiger partial charge in [0.2, 0.25) is 5.91 Å². The number of carbonyl (C=O) groups is 1. The summed E-state index contributed by atoms with van der Waals surface area (Å²) in [6, 6.07) is 0.975. The first-order valence-corrected chi connectivity index (χ1v) is 8.23. The van der Waals surface area contributed by atoms with Gasteiger partial charge in [-0.3, -0.25) is 10.1 Å². The summed E-state index contributed by atoms with van der Waals surface area (Å²) >= 11 is 0. The molecule has 0 spiro atoms. The van der Waals surface area contributed by atoms with Crippen LogP contribution in [0.1, 0.15) is 59.8 Å². The van der Waals surface area contributed by atoms with E-state index in [-0.39, 0.29) is 11.7 Å². The molecule has 1 amide bonds. The Hall–Kier alpha value is -0.610. The van der Waals surface area contributed by atoms with Crippen LogP contribution in [0.3, 0.4) is 0 Å². The first-order valence-electron chi connectivity index (χ1n) is 8.23. The molecule has 0 aromatic carbocycles. The third kappa shape index (κ3) is 2.73. The summed E-state index contributed by atoms with van der Waals surface area (Å²) in [4.78, 5) is 17.5. The molecule has 2 fully saturated rings. The number of piperidine rings is 1. The summed E-state index contributed by atoms with van der Waals surface area (Å²) in [6.45, 7) is 9.74. The van der Waals surface area contributed by atoms with Gasteiger partial charge in [0.15, 0.2) is 0 Å². The first kappa shape index (κ1) is 15.8. The lowest BCUT2D eigenvalue weighted by molar-refractivity contribution is -0.136. The molecule has 2 rings (SSSR count). The molecule has 4 unspecified atom stereocenters. The molecule has 116 valence electrons. The van der Waals surface area contributed by atoms with Gasteiger partial charge in [-0.2, -0.15) is 0 Å². The van der Waals surface area contributed by atoms with Crippen LogP contribution in [0.2, 0.25) is 0 Å². The standard InChI is InChI=1S/C16H31N3O/c1-6-8-14-17-16(4,7-2)15(20)19(14)13-9-10-18(5)12(3)11-13/h12-14,17H,6-11H2,1-5H3. The molecule has 2 aliphatic rings. The molecule has 2 aliphatic heterocycles. The summed E-state index contributed by atoms with van der Waals surface area (Å²) in [5.41, 5.74) is -0.355. The maximum atomic E-state index is 12.9. The molecule has 0 aromatic rings. The lowest BCUT2D eigenvalue weighted by Gasteiger charge is -2.41. The second kappa shape index (κ2) is 6.02. The van der Waals surface area contributed by atoms with Crippen LogP contribution in [0.5, 0.6) is 0 Å². The van der Waals surface area contributed by atoms with Gasteiger partial charge in [0.25, 0.3) is 0 Å². The average Bonchev–Trinajstić information content (AvgIpc) is 2.66. The Morgan fingerprint density at radius 2 is 2.10 bits per heavy atom. The number of amides is 1. The van der Waals surface area contributed by atoms with Crippen molar-refractivity contribution < 1.29 is 4.79 Å². The summed E-state index contributed by atoms with van der Waals surface area (Å²) < 4.78 is 0. The largest absolute Gasteiger partial charge is 0.322 e. The first-order chi connectivity index (χ1) is 9.42. The monoisotopic (exact) mass is 281 g/mol. The summed E-state index contributed by atoms with van der Waals surface area (Å²) in [5.74, 6) is 0.320. The highest BCUT2D eigenvalue weighted by Gasteiger charge is 2.49. The van der Waals surface area contributed by atoms with E-state index in [9.17, 15) is 4.79 Å². The van der Waals surface area contributed by atoms with Crippen LogP contribution in [0, 0.1) is 0 Å². The van der Waals surface area contributed by atoms with Crippen LogP contribution >= 0.6 is 0 Å². The third-order valence-electron chi connectivity index (χ3n) is 5.37. The minimum absolute atomic E-state index is 0.234. The van der Waals surface area contributed by atoms with Gasteiger partial charge in [0.1, 0.15) is 0 Å². The van der Waals surface area contributed by atoms with Crippen molar-refractivity contribution in [2.45, 2.75) is 83.6 Å². The van der Waals surface area contributed by atoms with Crippen LogP contribution < -0.4 is 5.32 Å². The number of hydrogen-bond donors (Lipinski definition) is 1. The predicted molar refractivity (Wildman–Crippen MR) is 82.5 cm³/mol. The van der Waals surface area contributed by atoms with E-state index in [1.54, 1.807) is 0 Å². The van der Waals surface area contributed by atoms with Crippen LogP contribution in [0.4, 0.5) is 0 Å². The van der Waals surface area contributed by atoms with Crippen molar-refractivity contribution in [3.8, 4) is 0 Å². The third-order valence-corrected chi connectivity index (χ3v) is 5.37. The topological polar surface area (TPSA) is 35.6 Å². The van der Waals surface area contributed by atoms with E-state index in [0.29, 0.717) is 18.0 Å². The van der Waals surface area contributed by atoms with Crippen LogP contribution in [0.15, 0.2) is 0 Å². The molecule has 2 saturated heterocycles. The average molecular weight is 281 g/mol. The number of nitrogens with zero attached hydrogens (tertiary/aromatic N) is 2. The van der Waals surface area contributed by atoms with Crippen molar-refractivity contribution >= 4 is 5.91 Å². The molecule has 0 saturated carbocycles. The van der Waals surface area contributed by atoms with Gasteiger partial charge in [-0.25, -0.2) is 0 Å². The lowest BCUT2D eigenvalue weighted by Crippen LogP contribution is -2.52. The Kier molecular flexibility index (Phi) is 4.75. The molecule has 20 heavy (non-hydrogen) atoms. The molecule has 2 heterocycles. The number of hydrogen-bond acceptors (Lipinski definition) is 3. The van der Waals surface area contributed by atoms with Gasteiger partial charge < -0.3 is 9.80 Å². The van der Waals surface area contributed by atoms with E-state index < -0.39 is 0 Å². The van der Waals surface area contributed by atoms with Crippen molar-refractivity contribution in [1.82, 2.24) is 15.1 Å². The molecule has 0 aromatic heterocycles. The van der Waals surface area contributed by atoms with E-state index >= 15 is 0 Å². The fourth-order valence-corrected chi connectivity index (χ4v) is 3.60. The summed E-state index contributed by atoms with van der Waals surface area (Å²) in [5, 5.41) is 3.60. The van der Waals surface area contributed by atoms with Gasteiger partial charge in [-0.1, -0.05) is 20.3 Å². The summed E-state index contributed by atoms with van der Waals surface area (Å²) in [6.07, 6.45) is 5.48. The zero-order chi connectivity index (χ0) is 14.9.